The van der Waals surface area contributed by atoms with E-state index in [9.17, 15) is 0 Å². The number of piperidine rings is 1. The first-order valence-corrected chi connectivity index (χ1v) is 9.57. The normalized spacial score (nSPS) is 30.0. The summed E-state index contributed by atoms with van der Waals surface area (Å²) in [7, 11) is 1.83. The molecule has 0 aromatic heterocycles. The third kappa shape index (κ3) is 4.03. The van der Waals surface area contributed by atoms with E-state index >= 15 is 0 Å². The molecule has 2 heterocycles. The van der Waals surface area contributed by atoms with Gasteiger partial charge in [-0.25, -0.2) is 0 Å². The van der Waals surface area contributed by atoms with Crippen LogP contribution in [0.15, 0.2) is 4.99 Å². The van der Waals surface area contributed by atoms with Crippen LogP contribution in [0.25, 0.3) is 0 Å². The van der Waals surface area contributed by atoms with Crippen LogP contribution in [-0.2, 0) is 9.47 Å². The van der Waals surface area contributed by atoms with E-state index in [2.05, 4.69) is 16.7 Å². The number of aliphatic imine (C=N–C) groups is 1. The monoisotopic (exact) mass is 338 g/mol. The van der Waals surface area contributed by atoms with Gasteiger partial charge in [-0.05, 0) is 32.6 Å². The largest absolute Gasteiger partial charge is 0.381 e. The van der Waals surface area contributed by atoms with E-state index in [1.54, 1.807) is 0 Å². The molecule has 0 amide bonds. The summed E-state index contributed by atoms with van der Waals surface area (Å²) >= 11 is 0. The molecule has 1 aliphatic carbocycles. The zero-order valence-corrected chi connectivity index (χ0v) is 15.4. The van der Waals surface area contributed by atoms with E-state index < -0.39 is 0 Å². The van der Waals surface area contributed by atoms with Gasteiger partial charge in [0, 0.05) is 38.8 Å². The minimum Gasteiger partial charge on any atom is -0.381 e. The van der Waals surface area contributed by atoms with E-state index in [1.165, 1.54) is 25.7 Å². The summed E-state index contributed by atoms with van der Waals surface area (Å²) in [5, 5.41) is 0. The number of ether oxygens (including phenoxy) is 2. The summed E-state index contributed by atoms with van der Waals surface area (Å²) in [4.78, 5) is 9.69. The van der Waals surface area contributed by atoms with Crippen LogP contribution in [0.3, 0.4) is 0 Å². The van der Waals surface area contributed by atoms with Gasteiger partial charge in [-0.15, -0.1) is 0 Å². The number of hydrogen-bond acceptors (Lipinski definition) is 4. The quantitative estimate of drug-likeness (QED) is 0.621. The van der Waals surface area contributed by atoms with E-state index in [0.29, 0.717) is 12.1 Å². The lowest BCUT2D eigenvalue weighted by atomic mass is 9.91. The molecule has 1 unspecified atom stereocenters. The standard InChI is InChI=1S/C18H34N4O2/c1-15-13-21(11-12-24-15)17(19)20-14-18(7-3-4-8-18)22-9-5-16(23-2)6-10-22/h15-16H,3-14H2,1-2H3,(H2,19,20). The van der Waals surface area contributed by atoms with E-state index in [0.717, 1.165) is 52.2 Å². The third-order valence-corrected chi connectivity index (χ3v) is 6.08. The molecule has 0 spiro atoms. The van der Waals surface area contributed by atoms with Crippen molar-refractivity contribution in [3.8, 4) is 0 Å². The van der Waals surface area contributed by atoms with E-state index in [-0.39, 0.29) is 11.6 Å². The van der Waals surface area contributed by atoms with Gasteiger partial charge in [0.25, 0.3) is 0 Å². The van der Waals surface area contributed by atoms with Crippen LogP contribution >= 0.6 is 0 Å². The maximum Gasteiger partial charge on any atom is 0.191 e. The molecule has 0 aromatic rings. The highest BCUT2D eigenvalue weighted by molar-refractivity contribution is 5.78. The van der Waals surface area contributed by atoms with Crippen LogP contribution in [0.4, 0.5) is 0 Å². The molecule has 0 aromatic carbocycles. The van der Waals surface area contributed by atoms with Crippen LogP contribution in [-0.4, -0.2) is 79.9 Å². The van der Waals surface area contributed by atoms with Gasteiger partial charge in [-0.2, -0.15) is 0 Å². The Kier molecular flexibility index (Phi) is 6.00. The molecule has 1 atom stereocenters. The van der Waals surface area contributed by atoms with Crippen molar-refractivity contribution in [2.75, 3.05) is 46.4 Å². The molecule has 138 valence electrons. The predicted molar refractivity (Wildman–Crippen MR) is 96.3 cm³/mol. The van der Waals surface area contributed by atoms with Gasteiger partial charge in [0.2, 0.25) is 0 Å². The second-order valence-electron chi connectivity index (χ2n) is 7.66. The summed E-state index contributed by atoms with van der Waals surface area (Å²) in [6, 6.07) is 0. The Morgan fingerprint density at radius 3 is 2.58 bits per heavy atom. The minimum absolute atomic E-state index is 0.223. The van der Waals surface area contributed by atoms with Crippen molar-refractivity contribution in [3.63, 3.8) is 0 Å². The van der Waals surface area contributed by atoms with Crippen molar-refractivity contribution in [1.29, 1.82) is 0 Å². The van der Waals surface area contributed by atoms with E-state index in [4.69, 9.17) is 20.2 Å². The first-order valence-electron chi connectivity index (χ1n) is 9.57. The van der Waals surface area contributed by atoms with Gasteiger partial charge < -0.3 is 20.1 Å². The fourth-order valence-electron chi connectivity index (χ4n) is 4.53. The Labute approximate surface area is 146 Å². The molecule has 2 N–H and O–H groups in total. The number of morpholine rings is 1. The third-order valence-electron chi connectivity index (χ3n) is 6.08. The Bertz CT molecular complexity index is 429. The van der Waals surface area contributed by atoms with Gasteiger partial charge >= 0.3 is 0 Å². The molecule has 0 radical (unpaired) electrons. The number of rotatable bonds is 4. The molecule has 3 rings (SSSR count). The van der Waals surface area contributed by atoms with Crippen molar-refractivity contribution in [1.82, 2.24) is 9.80 Å². The summed E-state index contributed by atoms with van der Waals surface area (Å²) < 4.78 is 11.1. The summed E-state index contributed by atoms with van der Waals surface area (Å²) in [6.45, 7) is 7.63. The molecule has 0 bridgehead atoms. The van der Waals surface area contributed by atoms with Crippen LogP contribution in [0.1, 0.15) is 45.4 Å². The smallest absolute Gasteiger partial charge is 0.191 e. The van der Waals surface area contributed by atoms with Crippen molar-refractivity contribution >= 4 is 5.96 Å². The highest BCUT2D eigenvalue weighted by Crippen LogP contribution is 2.37. The number of nitrogens with zero attached hydrogens (tertiary/aromatic N) is 3. The maximum absolute atomic E-state index is 6.30. The molecular formula is C18H34N4O2. The van der Waals surface area contributed by atoms with Crippen molar-refractivity contribution in [2.24, 2.45) is 10.7 Å². The van der Waals surface area contributed by atoms with Crippen LogP contribution in [0.2, 0.25) is 0 Å². The minimum atomic E-state index is 0.223. The number of likely N-dealkylation sites (tertiary alicyclic amines) is 1. The Balaban J connectivity index is 1.62. The zero-order valence-electron chi connectivity index (χ0n) is 15.4. The van der Waals surface area contributed by atoms with E-state index in [1.807, 2.05) is 7.11 Å². The second kappa shape index (κ2) is 8.02. The Morgan fingerprint density at radius 1 is 1.25 bits per heavy atom. The fraction of sp³-hybridized carbons (Fsp3) is 0.944. The lowest BCUT2D eigenvalue weighted by Gasteiger charge is -2.44. The molecule has 1 saturated carbocycles. The Morgan fingerprint density at radius 2 is 1.96 bits per heavy atom. The molecule has 3 fully saturated rings. The number of guanidine groups is 1. The average molecular weight is 338 g/mol. The molecule has 2 saturated heterocycles. The van der Waals surface area contributed by atoms with Gasteiger partial charge in [0.15, 0.2) is 5.96 Å². The van der Waals surface area contributed by atoms with Gasteiger partial charge in [-0.3, -0.25) is 9.89 Å². The summed E-state index contributed by atoms with van der Waals surface area (Å²) in [6.07, 6.45) is 8.07. The van der Waals surface area contributed by atoms with Crippen molar-refractivity contribution in [3.05, 3.63) is 0 Å². The first kappa shape index (κ1) is 18.0. The second-order valence-corrected chi connectivity index (χ2v) is 7.66. The lowest BCUT2D eigenvalue weighted by Crippen LogP contribution is -2.54. The highest BCUT2D eigenvalue weighted by Gasteiger charge is 2.41. The predicted octanol–water partition coefficient (Wildman–Crippen LogP) is 1.45. The maximum atomic E-state index is 6.30. The first-order chi connectivity index (χ1) is 11.6. The lowest BCUT2D eigenvalue weighted by molar-refractivity contribution is -0.00116. The van der Waals surface area contributed by atoms with Crippen LogP contribution in [0, 0.1) is 0 Å². The fourth-order valence-corrected chi connectivity index (χ4v) is 4.53. The molecule has 2 aliphatic heterocycles. The van der Waals surface area contributed by atoms with Crippen molar-refractivity contribution < 1.29 is 9.47 Å². The molecule has 6 nitrogen and oxygen atoms in total. The average Bonchev–Trinajstić information content (AvgIpc) is 3.10. The van der Waals surface area contributed by atoms with Gasteiger partial charge in [-0.1, -0.05) is 12.8 Å². The van der Waals surface area contributed by atoms with Crippen LogP contribution < -0.4 is 5.73 Å². The highest BCUT2D eigenvalue weighted by atomic mass is 16.5. The Hall–Kier alpha value is -0.850. The number of hydrogen-bond donors (Lipinski definition) is 1. The summed E-state index contributed by atoms with van der Waals surface area (Å²) in [5.74, 6) is 0.697. The van der Waals surface area contributed by atoms with Gasteiger partial charge in [0.1, 0.15) is 0 Å². The van der Waals surface area contributed by atoms with Crippen LogP contribution in [0.5, 0.6) is 0 Å². The van der Waals surface area contributed by atoms with Gasteiger partial charge in [0.05, 0.1) is 25.4 Å². The molecular weight excluding hydrogens is 304 g/mol. The summed E-state index contributed by atoms with van der Waals surface area (Å²) in [5.41, 5.74) is 6.53. The zero-order chi connectivity index (χ0) is 17.0. The topological polar surface area (TPSA) is 63.3 Å². The molecule has 24 heavy (non-hydrogen) atoms. The number of nitrogens with two attached hydrogens (primary N) is 1. The van der Waals surface area contributed by atoms with Crippen molar-refractivity contribution in [2.45, 2.75) is 63.2 Å². The molecule has 3 aliphatic rings. The number of methoxy groups -OCH3 is 1. The molecule has 6 heteroatoms. The SMILES string of the molecule is COC1CCN(C2(CN=C(N)N3CCOC(C)C3)CCCC2)CC1.